The van der Waals surface area contributed by atoms with Crippen molar-refractivity contribution in [2.75, 3.05) is 5.50 Å². The monoisotopic (exact) mass is 194 g/mol. The zero-order valence-electron chi connectivity index (χ0n) is 7.79. The van der Waals surface area contributed by atoms with E-state index in [0.717, 1.165) is 5.50 Å². The molecule has 0 bridgehead atoms. The van der Waals surface area contributed by atoms with Crippen LogP contribution in [0.3, 0.4) is 0 Å². The fraction of sp³-hybridized carbons (Fsp3) is 1.00. The molecule has 0 spiro atoms. The van der Waals surface area contributed by atoms with E-state index in [-0.39, 0.29) is 0 Å². The molecule has 0 amide bonds. The van der Waals surface area contributed by atoms with Gasteiger partial charge in [0.2, 0.25) is 0 Å². The van der Waals surface area contributed by atoms with Gasteiger partial charge in [0.1, 0.15) is 0 Å². The molecule has 0 saturated carbocycles. The summed E-state index contributed by atoms with van der Waals surface area (Å²) in [6.45, 7) is 12.1. The molecule has 0 aromatic heterocycles. The molecule has 0 N–H and O–H groups in total. The second-order valence-corrected chi connectivity index (χ2v) is 21.7. The number of hydrogen-bond donors (Lipinski definition) is 0. The van der Waals surface area contributed by atoms with Gasteiger partial charge in [-0.2, -0.15) is 0 Å². The number of halogens is 1. The highest BCUT2D eigenvalue weighted by Gasteiger charge is 2.38. The summed E-state index contributed by atoms with van der Waals surface area (Å²) >= 11 is 5.95. The SMILES string of the molecule is CC[Si](C)(C)[Si](C)(C)CCl. The molecular formula is C7H19ClSi2. The fourth-order valence-corrected chi connectivity index (χ4v) is 9.19. The molecule has 0 aliphatic carbocycles. The second kappa shape index (κ2) is 3.41. The topological polar surface area (TPSA) is 0 Å². The molecule has 0 saturated heterocycles. The van der Waals surface area contributed by atoms with Crippen molar-refractivity contribution in [1.82, 2.24) is 0 Å². The van der Waals surface area contributed by atoms with Crippen LogP contribution in [0, 0.1) is 0 Å². The standard InChI is InChI=1S/C7H19ClSi2/c1-6-9(2,3)10(4,5)7-8/h6-7H2,1-5H3. The highest BCUT2D eigenvalue weighted by molar-refractivity contribution is 7.42. The molecule has 0 atom stereocenters. The van der Waals surface area contributed by atoms with Gasteiger partial charge in [0.15, 0.2) is 0 Å². The quantitative estimate of drug-likeness (QED) is 0.478. The predicted molar refractivity (Wildman–Crippen MR) is 56.2 cm³/mol. The Labute approximate surface area is 71.8 Å². The van der Waals surface area contributed by atoms with Gasteiger partial charge in [-0.15, -0.1) is 11.6 Å². The van der Waals surface area contributed by atoms with Gasteiger partial charge in [0, 0.05) is 13.1 Å². The van der Waals surface area contributed by atoms with Crippen LogP contribution < -0.4 is 0 Å². The molecule has 0 unspecified atom stereocenters. The molecule has 0 aromatic rings. The van der Waals surface area contributed by atoms with Crippen LogP contribution in [0.2, 0.25) is 32.2 Å². The summed E-state index contributed by atoms with van der Waals surface area (Å²) in [6, 6.07) is 1.39. The Bertz CT molecular complexity index is 96.2. The molecule has 10 heavy (non-hydrogen) atoms. The van der Waals surface area contributed by atoms with E-state index in [4.69, 9.17) is 11.6 Å². The summed E-state index contributed by atoms with van der Waals surface area (Å²) < 4.78 is 0. The molecule has 62 valence electrons. The third-order valence-corrected chi connectivity index (χ3v) is 24.4. The van der Waals surface area contributed by atoms with Gasteiger partial charge in [-0.1, -0.05) is 39.2 Å². The van der Waals surface area contributed by atoms with Crippen molar-refractivity contribution >= 4 is 26.8 Å². The Morgan fingerprint density at radius 1 is 1.00 bits per heavy atom. The number of hydrogen-bond acceptors (Lipinski definition) is 0. The molecule has 0 fully saturated rings. The third-order valence-electron chi connectivity index (χ3n) is 3.05. The summed E-state index contributed by atoms with van der Waals surface area (Å²) in [4.78, 5) is 0. The van der Waals surface area contributed by atoms with Crippen molar-refractivity contribution in [2.45, 2.75) is 39.2 Å². The first kappa shape index (κ1) is 10.7. The summed E-state index contributed by atoms with van der Waals surface area (Å²) in [5, 5.41) is 0. The van der Waals surface area contributed by atoms with E-state index < -0.39 is 15.2 Å². The lowest BCUT2D eigenvalue weighted by Crippen LogP contribution is -2.55. The highest BCUT2D eigenvalue weighted by atomic mass is 35.5. The number of alkyl halides is 1. The first-order valence-electron chi connectivity index (χ1n) is 3.93. The Morgan fingerprint density at radius 2 is 1.40 bits per heavy atom. The lowest BCUT2D eigenvalue weighted by molar-refractivity contribution is 1.38. The molecule has 0 aromatic carbocycles. The zero-order valence-corrected chi connectivity index (χ0v) is 10.5. The highest BCUT2D eigenvalue weighted by Crippen LogP contribution is 2.23. The first-order chi connectivity index (χ1) is 4.37. The van der Waals surface area contributed by atoms with E-state index >= 15 is 0 Å². The van der Waals surface area contributed by atoms with Gasteiger partial charge in [-0.05, 0) is 0 Å². The summed E-state index contributed by atoms with van der Waals surface area (Å²) in [7, 11) is -1.90. The van der Waals surface area contributed by atoms with Crippen LogP contribution in [0.1, 0.15) is 6.92 Å². The molecule has 0 radical (unpaired) electrons. The first-order valence-corrected chi connectivity index (χ1v) is 11.9. The van der Waals surface area contributed by atoms with Gasteiger partial charge in [0.05, 0.1) is 7.59 Å². The Morgan fingerprint density at radius 3 is 1.50 bits per heavy atom. The lowest BCUT2D eigenvalue weighted by Gasteiger charge is -2.35. The van der Waals surface area contributed by atoms with Crippen LogP contribution in [0.4, 0.5) is 0 Å². The van der Waals surface area contributed by atoms with Gasteiger partial charge in [-0.3, -0.25) is 0 Å². The average molecular weight is 195 g/mol. The van der Waals surface area contributed by atoms with Gasteiger partial charge >= 0.3 is 0 Å². The molecule has 0 heterocycles. The molecule has 0 nitrogen and oxygen atoms in total. The Hall–Kier alpha value is 0.724. The van der Waals surface area contributed by atoms with Crippen LogP contribution in [0.15, 0.2) is 0 Å². The van der Waals surface area contributed by atoms with Crippen LogP contribution in [-0.2, 0) is 0 Å². The molecule has 0 aliphatic heterocycles. The maximum atomic E-state index is 5.95. The van der Waals surface area contributed by atoms with Crippen molar-refractivity contribution in [3.8, 4) is 0 Å². The largest absolute Gasteiger partial charge is 0.130 e. The molecule has 3 heteroatoms. The average Bonchev–Trinajstić information content (AvgIpc) is 1.88. The normalized spacial score (nSPS) is 13.8. The van der Waals surface area contributed by atoms with Crippen LogP contribution >= 0.6 is 11.6 Å². The van der Waals surface area contributed by atoms with Crippen LogP contribution in [0.5, 0.6) is 0 Å². The maximum absolute atomic E-state index is 5.95. The Balaban J connectivity index is 4.28. The van der Waals surface area contributed by atoms with Gasteiger partial charge in [-0.25, -0.2) is 0 Å². The van der Waals surface area contributed by atoms with Gasteiger partial charge in [0.25, 0.3) is 0 Å². The second-order valence-electron chi connectivity index (χ2n) is 4.25. The van der Waals surface area contributed by atoms with Crippen LogP contribution in [-0.4, -0.2) is 20.7 Å². The summed E-state index contributed by atoms with van der Waals surface area (Å²) in [6.07, 6.45) is 0. The van der Waals surface area contributed by atoms with Crippen molar-refractivity contribution in [3.63, 3.8) is 0 Å². The van der Waals surface area contributed by atoms with Crippen LogP contribution in [0.25, 0.3) is 0 Å². The minimum Gasteiger partial charge on any atom is -0.130 e. The molecular weight excluding hydrogens is 176 g/mol. The van der Waals surface area contributed by atoms with Gasteiger partial charge < -0.3 is 0 Å². The fourth-order valence-electron chi connectivity index (χ4n) is 0.659. The third kappa shape index (κ3) is 2.10. The Kier molecular flexibility index (Phi) is 3.66. The minimum absolute atomic E-state index is 0.898. The predicted octanol–water partition coefficient (Wildman–Crippen LogP) is 3.28. The van der Waals surface area contributed by atoms with E-state index in [2.05, 4.69) is 33.1 Å². The maximum Gasteiger partial charge on any atom is 0.0580 e. The number of rotatable bonds is 3. The van der Waals surface area contributed by atoms with E-state index in [9.17, 15) is 0 Å². The van der Waals surface area contributed by atoms with Crippen molar-refractivity contribution in [3.05, 3.63) is 0 Å². The molecule has 0 rings (SSSR count). The smallest absolute Gasteiger partial charge is 0.0580 e. The summed E-state index contributed by atoms with van der Waals surface area (Å²) in [5.74, 6) is 0. The summed E-state index contributed by atoms with van der Waals surface area (Å²) in [5.41, 5.74) is 0.945. The van der Waals surface area contributed by atoms with Crippen molar-refractivity contribution in [1.29, 1.82) is 0 Å². The van der Waals surface area contributed by atoms with E-state index in [0.29, 0.717) is 0 Å². The van der Waals surface area contributed by atoms with E-state index in [1.807, 2.05) is 0 Å². The van der Waals surface area contributed by atoms with E-state index in [1.165, 1.54) is 6.04 Å². The minimum atomic E-state index is -1.00. The molecule has 0 aliphatic rings. The van der Waals surface area contributed by atoms with Crippen molar-refractivity contribution < 1.29 is 0 Å². The lowest BCUT2D eigenvalue weighted by atomic mass is 11.0. The van der Waals surface area contributed by atoms with Crippen molar-refractivity contribution in [2.24, 2.45) is 0 Å². The van der Waals surface area contributed by atoms with E-state index in [1.54, 1.807) is 0 Å². The zero-order chi connectivity index (χ0) is 8.41.